The number of nitrogen functional groups attached to an aromatic ring is 1. The van der Waals surface area contributed by atoms with E-state index in [-0.39, 0.29) is 0 Å². The highest BCUT2D eigenvalue weighted by atomic mass is 15.6. The maximum atomic E-state index is 5.87. The first-order chi connectivity index (χ1) is 8.72. The molecule has 0 saturated heterocycles. The molecule has 1 aliphatic heterocycles. The zero-order valence-electron chi connectivity index (χ0n) is 10.4. The van der Waals surface area contributed by atoms with Crippen LogP contribution in [0.25, 0.3) is 0 Å². The van der Waals surface area contributed by atoms with E-state index in [4.69, 9.17) is 5.73 Å². The molecule has 0 amide bonds. The van der Waals surface area contributed by atoms with Gasteiger partial charge in [0.1, 0.15) is 0 Å². The third-order valence-electron chi connectivity index (χ3n) is 3.21. The Morgan fingerprint density at radius 3 is 3.06 bits per heavy atom. The average molecular weight is 244 g/mol. The van der Waals surface area contributed by atoms with Crippen molar-refractivity contribution >= 4 is 11.4 Å². The van der Waals surface area contributed by atoms with Gasteiger partial charge in [-0.05, 0) is 35.8 Å². The highest BCUT2D eigenvalue weighted by Crippen LogP contribution is 2.29. The highest BCUT2D eigenvalue weighted by molar-refractivity contribution is 5.62. The average Bonchev–Trinajstić information content (AvgIpc) is 2.76. The third kappa shape index (κ3) is 2.01. The molecule has 0 unspecified atom stereocenters. The van der Waals surface area contributed by atoms with Crippen LogP contribution in [-0.2, 0) is 20.0 Å². The molecular formula is C12H16N6. The molecule has 0 saturated carbocycles. The lowest BCUT2D eigenvalue weighted by atomic mass is 10.0. The molecule has 1 aromatic carbocycles. The molecule has 94 valence electrons. The monoisotopic (exact) mass is 244 g/mol. The Balaban J connectivity index is 1.88. The highest BCUT2D eigenvalue weighted by Gasteiger charge is 2.18. The summed E-state index contributed by atoms with van der Waals surface area (Å²) in [4.78, 5) is 3.76. The summed E-state index contributed by atoms with van der Waals surface area (Å²) in [6.45, 7) is 1.69. The van der Waals surface area contributed by atoms with Crippen molar-refractivity contribution in [2.45, 2.75) is 19.4 Å². The van der Waals surface area contributed by atoms with Gasteiger partial charge in [-0.1, -0.05) is 6.07 Å². The zero-order valence-corrected chi connectivity index (χ0v) is 10.4. The van der Waals surface area contributed by atoms with E-state index < -0.39 is 0 Å². The first-order valence-corrected chi connectivity index (χ1v) is 6.08. The summed E-state index contributed by atoms with van der Waals surface area (Å²) in [5.74, 6) is 0.743. The molecule has 0 radical (unpaired) electrons. The number of anilines is 2. The fraction of sp³-hybridized carbons (Fsp3) is 0.417. The largest absolute Gasteiger partial charge is 0.399 e. The quantitative estimate of drug-likeness (QED) is 0.789. The van der Waals surface area contributed by atoms with Crippen molar-refractivity contribution in [1.29, 1.82) is 0 Å². The Hall–Kier alpha value is -2.11. The first kappa shape index (κ1) is 11.0. The summed E-state index contributed by atoms with van der Waals surface area (Å²) in [6.07, 6.45) is 2.26. The Labute approximate surface area is 105 Å². The molecule has 2 heterocycles. The van der Waals surface area contributed by atoms with E-state index in [2.05, 4.69) is 26.4 Å². The van der Waals surface area contributed by atoms with Crippen LogP contribution in [0.3, 0.4) is 0 Å². The standard InChI is InChI=1S/C12H16N6/c1-17-15-12(14-16-17)8-18-6-2-3-9-4-5-10(13)7-11(9)18/h4-5,7H,2-3,6,8,13H2,1H3. The van der Waals surface area contributed by atoms with Crippen LogP contribution in [0, 0.1) is 0 Å². The first-order valence-electron chi connectivity index (χ1n) is 6.08. The summed E-state index contributed by atoms with van der Waals surface area (Å²) >= 11 is 0. The molecule has 1 aromatic heterocycles. The number of tetrazole rings is 1. The van der Waals surface area contributed by atoms with E-state index in [9.17, 15) is 0 Å². The van der Waals surface area contributed by atoms with Gasteiger partial charge in [-0.3, -0.25) is 0 Å². The minimum atomic E-state index is 0.685. The van der Waals surface area contributed by atoms with Crippen molar-refractivity contribution in [2.75, 3.05) is 17.2 Å². The molecule has 2 aromatic rings. The van der Waals surface area contributed by atoms with Crippen LogP contribution >= 0.6 is 0 Å². The molecule has 0 fully saturated rings. The van der Waals surface area contributed by atoms with Crippen molar-refractivity contribution in [1.82, 2.24) is 20.2 Å². The van der Waals surface area contributed by atoms with Crippen LogP contribution in [0.5, 0.6) is 0 Å². The molecule has 0 spiro atoms. The molecule has 0 aliphatic carbocycles. The van der Waals surface area contributed by atoms with Crippen LogP contribution in [0.2, 0.25) is 0 Å². The maximum Gasteiger partial charge on any atom is 0.193 e. The second kappa shape index (κ2) is 4.29. The summed E-state index contributed by atoms with van der Waals surface area (Å²) in [5.41, 5.74) is 9.22. The van der Waals surface area contributed by atoms with Gasteiger partial charge >= 0.3 is 0 Å². The number of aromatic nitrogens is 4. The van der Waals surface area contributed by atoms with Crippen molar-refractivity contribution in [3.8, 4) is 0 Å². The van der Waals surface area contributed by atoms with Gasteiger partial charge < -0.3 is 10.6 Å². The van der Waals surface area contributed by atoms with Crippen LogP contribution in [-0.4, -0.2) is 26.8 Å². The molecule has 18 heavy (non-hydrogen) atoms. The molecular weight excluding hydrogens is 228 g/mol. The summed E-state index contributed by atoms with van der Waals surface area (Å²) < 4.78 is 0. The smallest absolute Gasteiger partial charge is 0.193 e. The molecule has 6 nitrogen and oxygen atoms in total. The Kier molecular flexibility index (Phi) is 2.62. The van der Waals surface area contributed by atoms with Gasteiger partial charge in [0.2, 0.25) is 0 Å². The van der Waals surface area contributed by atoms with E-state index in [1.807, 2.05) is 12.1 Å². The van der Waals surface area contributed by atoms with Crippen LogP contribution in [0.15, 0.2) is 18.2 Å². The minimum absolute atomic E-state index is 0.685. The van der Waals surface area contributed by atoms with Crippen LogP contribution in [0.4, 0.5) is 11.4 Å². The fourth-order valence-corrected chi connectivity index (χ4v) is 2.39. The van der Waals surface area contributed by atoms with Gasteiger partial charge in [-0.25, -0.2) is 0 Å². The molecule has 0 atom stereocenters. The molecule has 6 heteroatoms. The van der Waals surface area contributed by atoms with Crippen LogP contribution in [0.1, 0.15) is 17.8 Å². The predicted octanol–water partition coefficient (Wildman–Crippen LogP) is 0.745. The number of benzene rings is 1. The van der Waals surface area contributed by atoms with Gasteiger partial charge in [-0.2, -0.15) is 4.80 Å². The van der Waals surface area contributed by atoms with E-state index >= 15 is 0 Å². The lowest BCUT2D eigenvalue weighted by molar-refractivity contribution is 0.624. The predicted molar refractivity (Wildman–Crippen MR) is 69.0 cm³/mol. The second-order valence-corrected chi connectivity index (χ2v) is 4.61. The molecule has 3 rings (SSSR count). The number of nitrogens with zero attached hydrogens (tertiary/aromatic N) is 5. The van der Waals surface area contributed by atoms with Crippen molar-refractivity contribution in [2.24, 2.45) is 7.05 Å². The van der Waals surface area contributed by atoms with E-state index in [1.165, 1.54) is 16.0 Å². The van der Waals surface area contributed by atoms with Gasteiger partial charge in [-0.15, -0.1) is 10.2 Å². The molecule has 1 aliphatic rings. The molecule has 0 bridgehead atoms. The van der Waals surface area contributed by atoms with Crippen molar-refractivity contribution in [3.63, 3.8) is 0 Å². The summed E-state index contributed by atoms with van der Waals surface area (Å²) in [6, 6.07) is 6.11. The van der Waals surface area contributed by atoms with Gasteiger partial charge in [0, 0.05) is 17.9 Å². The van der Waals surface area contributed by atoms with Gasteiger partial charge in [0.15, 0.2) is 5.82 Å². The number of fused-ring (bicyclic) bond motifs is 1. The summed E-state index contributed by atoms with van der Waals surface area (Å²) in [5, 5.41) is 12.1. The van der Waals surface area contributed by atoms with E-state index in [1.54, 1.807) is 7.05 Å². The number of hydrogen-bond acceptors (Lipinski definition) is 5. The minimum Gasteiger partial charge on any atom is -0.399 e. The van der Waals surface area contributed by atoms with Gasteiger partial charge in [0.05, 0.1) is 13.6 Å². The van der Waals surface area contributed by atoms with Crippen LogP contribution < -0.4 is 10.6 Å². The lowest BCUT2D eigenvalue weighted by Crippen LogP contribution is -2.29. The Morgan fingerprint density at radius 2 is 2.28 bits per heavy atom. The normalized spacial score (nSPS) is 14.6. The Bertz CT molecular complexity index is 561. The topological polar surface area (TPSA) is 72.9 Å². The number of hydrogen-bond donors (Lipinski definition) is 1. The second-order valence-electron chi connectivity index (χ2n) is 4.61. The summed E-state index contributed by atoms with van der Waals surface area (Å²) in [7, 11) is 1.78. The molecule has 2 N–H and O–H groups in total. The fourth-order valence-electron chi connectivity index (χ4n) is 2.39. The number of nitrogens with two attached hydrogens (primary N) is 1. The number of aryl methyl sites for hydroxylation is 2. The zero-order chi connectivity index (χ0) is 12.5. The lowest BCUT2D eigenvalue weighted by Gasteiger charge is -2.30. The van der Waals surface area contributed by atoms with Crippen molar-refractivity contribution in [3.05, 3.63) is 29.6 Å². The van der Waals surface area contributed by atoms with Gasteiger partial charge in [0.25, 0.3) is 0 Å². The maximum absolute atomic E-state index is 5.87. The number of rotatable bonds is 2. The van der Waals surface area contributed by atoms with Crippen molar-refractivity contribution < 1.29 is 0 Å². The SMILES string of the molecule is Cn1nnc(CN2CCCc3ccc(N)cc32)n1. The van der Waals surface area contributed by atoms with E-state index in [0.717, 1.165) is 30.9 Å². The Morgan fingerprint density at radius 1 is 1.39 bits per heavy atom. The van der Waals surface area contributed by atoms with E-state index in [0.29, 0.717) is 6.54 Å². The third-order valence-corrected chi connectivity index (χ3v) is 3.21.